The number of nitrogens with zero attached hydrogens (tertiary/aromatic N) is 2. The van der Waals surface area contributed by atoms with Crippen molar-refractivity contribution in [3.05, 3.63) is 96.2 Å². The maximum atomic E-state index is 12.2. The second-order valence-electron chi connectivity index (χ2n) is 7.04. The van der Waals surface area contributed by atoms with Crippen LogP contribution in [0, 0.1) is 11.3 Å². The number of carbonyl (C=O) groups excluding carboxylic acids is 2. The summed E-state index contributed by atoms with van der Waals surface area (Å²) < 4.78 is 5.47. The fraction of sp³-hybridized carbons (Fsp3) is 0.0400. The molecule has 1 aromatic heterocycles. The number of hydrazine groups is 1. The van der Waals surface area contributed by atoms with Gasteiger partial charge in [0.1, 0.15) is 11.4 Å². The van der Waals surface area contributed by atoms with Crippen molar-refractivity contribution >= 4 is 11.8 Å². The van der Waals surface area contributed by atoms with Gasteiger partial charge in [-0.1, -0.05) is 54.6 Å². The average Bonchev–Trinajstić information content (AvgIpc) is 3.37. The summed E-state index contributed by atoms with van der Waals surface area (Å²) in [5.74, 6) is -0.526. The smallest absolute Gasteiger partial charge is 0.287 e. The van der Waals surface area contributed by atoms with Gasteiger partial charge in [-0.05, 0) is 41.5 Å². The Balaban J connectivity index is 1.25. The van der Waals surface area contributed by atoms with Gasteiger partial charge < -0.3 is 4.74 Å². The minimum atomic E-state index is -0.523. The molecule has 33 heavy (non-hydrogen) atoms. The van der Waals surface area contributed by atoms with Crippen molar-refractivity contribution in [3.63, 3.8) is 0 Å². The molecule has 3 N–H and O–H groups in total. The molecule has 0 saturated carbocycles. The van der Waals surface area contributed by atoms with Crippen LogP contribution in [0.2, 0.25) is 0 Å². The third-order valence-electron chi connectivity index (χ3n) is 4.78. The Hall–Kier alpha value is -4.90. The van der Waals surface area contributed by atoms with Crippen LogP contribution in [0.4, 0.5) is 0 Å². The number of benzene rings is 3. The second kappa shape index (κ2) is 9.94. The molecule has 8 nitrogen and oxygen atoms in total. The Morgan fingerprint density at radius 2 is 1.55 bits per heavy atom. The highest BCUT2D eigenvalue weighted by Gasteiger charge is 2.12. The van der Waals surface area contributed by atoms with Crippen LogP contribution >= 0.6 is 0 Å². The summed E-state index contributed by atoms with van der Waals surface area (Å²) in [5.41, 5.74) is 8.87. The molecule has 0 bridgehead atoms. The summed E-state index contributed by atoms with van der Waals surface area (Å²) in [6.45, 7) is -0.269. The molecule has 1 heterocycles. The maximum Gasteiger partial charge on any atom is 0.287 e. The Labute approximate surface area is 189 Å². The zero-order valence-corrected chi connectivity index (χ0v) is 17.4. The minimum absolute atomic E-state index is 0.216. The number of aromatic nitrogens is 2. The van der Waals surface area contributed by atoms with Crippen LogP contribution in [0.25, 0.3) is 22.4 Å². The van der Waals surface area contributed by atoms with Crippen molar-refractivity contribution in [2.75, 3.05) is 6.61 Å². The summed E-state index contributed by atoms with van der Waals surface area (Å²) in [4.78, 5) is 24.2. The maximum absolute atomic E-state index is 12.2. The van der Waals surface area contributed by atoms with E-state index in [1.54, 1.807) is 30.3 Å². The molecule has 3 aromatic carbocycles. The first-order valence-electron chi connectivity index (χ1n) is 10.1. The number of H-pyrrole nitrogens is 1. The molecule has 0 fully saturated rings. The number of carbonyl (C=O) groups is 2. The Bertz CT molecular complexity index is 1290. The number of ether oxygens (including phenoxy) is 1. The van der Waals surface area contributed by atoms with Crippen LogP contribution in [0.15, 0.2) is 84.9 Å². The van der Waals surface area contributed by atoms with E-state index in [0.717, 1.165) is 16.7 Å². The fourth-order valence-corrected chi connectivity index (χ4v) is 3.05. The fourth-order valence-electron chi connectivity index (χ4n) is 3.05. The monoisotopic (exact) mass is 437 g/mol. The molecule has 0 aliphatic carbocycles. The summed E-state index contributed by atoms with van der Waals surface area (Å²) in [7, 11) is 0. The lowest BCUT2D eigenvalue weighted by molar-refractivity contribution is -0.123. The van der Waals surface area contributed by atoms with Gasteiger partial charge in [-0.3, -0.25) is 25.5 Å². The van der Waals surface area contributed by atoms with Gasteiger partial charge >= 0.3 is 0 Å². The van der Waals surface area contributed by atoms with Crippen LogP contribution in [0.3, 0.4) is 0 Å². The average molecular weight is 437 g/mol. The van der Waals surface area contributed by atoms with Crippen LogP contribution in [0.5, 0.6) is 5.75 Å². The Morgan fingerprint density at radius 1 is 0.879 bits per heavy atom. The number of nitrogens with one attached hydrogen (secondary N) is 3. The first kappa shape index (κ1) is 21.3. The van der Waals surface area contributed by atoms with E-state index in [0.29, 0.717) is 17.0 Å². The number of hydrogen-bond donors (Lipinski definition) is 3. The van der Waals surface area contributed by atoms with E-state index in [9.17, 15) is 9.59 Å². The molecule has 0 saturated heterocycles. The molecule has 0 aliphatic rings. The SMILES string of the molecule is N#Cc1ccc(-c2ccc(OCC(=O)NNC(=O)c3cc(-c4ccccc4)n[nH]3)cc2)cc1. The highest BCUT2D eigenvalue weighted by molar-refractivity contribution is 5.94. The van der Waals surface area contributed by atoms with E-state index in [1.807, 2.05) is 54.6 Å². The molecule has 162 valence electrons. The number of amides is 2. The van der Waals surface area contributed by atoms with Gasteiger partial charge in [0, 0.05) is 5.56 Å². The quantitative estimate of drug-likeness (QED) is 0.399. The summed E-state index contributed by atoms with van der Waals surface area (Å²) >= 11 is 0. The molecular weight excluding hydrogens is 418 g/mol. The molecule has 0 spiro atoms. The number of rotatable bonds is 6. The van der Waals surface area contributed by atoms with Crippen LogP contribution < -0.4 is 15.6 Å². The van der Waals surface area contributed by atoms with Crippen molar-refractivity contribution in [2.24, 2.45) is 0 Å². The topological polar surface area (TPSA) is 120 Å². The van der Waals surface area contributed by atoms with Crippen molar-refractivity contribution in [3.8, 4) is 34.2 Å². The Morgan fingerprint density at radius 3 is 2.21 bits per heavy atom. The molecule has 4 aromatic rings. The zero-order valence-electron chi connectivity index (χ0n) is 17.4. The van der Waals surface area contributed by atoms with E-state index in [2.05, 4.69) is 27.1 Å². The van der Waals surface area contributed by atoms with Gasteiger partial charge in [0.2, 0.25) is 0 Å². The van der Waals surface area contributed by atoms with E-state index >= 15 is 0 Å². The predicted octanol–water partition coefficient (Wildman–Crippen LogP) is 3.46. The largest absolute Gasteiger partial charge is 0.484 e. The first-order chi connectivity index (χ1) is 16.1. The molecular formula is C25H19N5O3. The first-order valence-corrected chi connectivity index (χ1v) is 10.1. The molecule has 0 unspecified atom stereocenters. The minimum Gasteiger partial charge on any atom is -0.484 e. The van der Waals surface area contributed by atoms with Gasteiger partial charge in [0.25, 0.3) is 11.8 Å². The van der Waals surface area contributed by atoms with E-state index in [4.69, 9.17) is 10.00 Å². The van der Waals surface area contributed by atoms with Crippen molar-refractivity contribution < 1.29 is 14.3 Å². The van der Waals surface area contributed by atoms with Crippen molar-refractivity contribution in [1.29, 1.82) is 5.26 Å². The molecule has 4 rings (SSSR count). The predicted molar refractivity (Wildman–Crippen MR) is 122 cm³/mol. The zero-order chi connectivity index (χ0) is 23.0. The number of nitriles is 1. The summed E-state index contributed by atoms with van der Waals surface area (Å²) in [5, 5.41) is 15.6. The van der Waals surface area contributed by atoms with Gasteiger partial charge in [-0.2, -0.15) is 10.4 Å². The van der Waals surface area contributed by atoms with Crippen LogP contribution in [-0.4, -0.2) is 28.6 Å². The third-order valence-corrected chi connectivity index (χ3v) is 4.78. The molecule has 2 amide bonds. The van der Waals surface area contributed by atoms with Gasteiger partial charge in [0.15, 0.2) is 6.61 Å². The highest BCUT2D eigenvalue weighted by atomic mass is 16.5. The molecule has 8 heteroatoms. The molecule has 0 atom stereocenters. The van der Waals surface area contributed by atoms with E-state index in [1.165, 1.54) is 0 Å². The van der Waals surface area contributed by atoms with E-state index in [-0.39, 0.29) is 12.3 Å². The summed E-state index contributed by atoms with van der Waals surface area (Å²) in [6.07, 6.45) is 0. The lowest BCUT2D eigenvalue weighted by Gasteiger charge is -2.09. The van der Waals surface area contributed by atoms with Crippen molar-refractivity contribution in [1.82, 2.24) is 21.0 Å². The highest BCUT2D eigenvalue weighted by Crippen LogP contribution is 2.22. The second-order valence-corrected chi connectivity index (χ2v) is 7.04. The lowest BCUT2D eigenvalue weighted by atomic mass is 10.0. The number of hydrogen-bond acceptors (Lipinski definition) is 5. The number of aromatic amines is 1. The standard InChI is InChI=1S/C25H19N5O3/c26-15-17-6-8-18(9-7-17)19-10-12-21(13-11-19)33-16-24(31)29-30-25(32)23-14-22(27-28-23)20-4-2-1-3-5-20/h1-14H,16H2,(H,27,28)(H,29,31)(H,30,32). The summed E-state index contributed by atoms with van der Waals surface area (Å²) in [6, 6.07) is 27.6. The van der Waals surface area contributed by atoms with Crippen molar-refractivity contribution in [2.45, 2.75) is 0 Å². The van der Waals surface area contributed by atoms with Crippen LogP contribution in [0.1, 0.15) is 16.1 Å². The van der Waals surface area contributed by atoms with Gasteiger partial charge in [-0.25, -0.2) is 0 Å². The molecule has 0 aliphatic heterocycles. The Kier molecular flexibility index (Phi) is 6.43. The third kappa shape index (κ3) is 5.42. The normalized spacial score (nSPS) is 10.2. The van der Waals surface area contributed by atoms with Gasteiger partial charge in [0.05, 0.1) is 17.3 Å². The van der Waals surface area contributed by atoms with Gasteiger partial charge in [-0.15, -0.1) is 0 Å². The lowest BCUT2D eigenvalue weighted by Crippen LogP contribution is -2.44. The van der Waals surface area contributed by atoms with E-state index < -0.39 is 11.8 Å². The van der Waals surface area contributed by atoms with Crippen LogP contribution in [-0.2, 0) is 4.79 Å². The molecule has 0 radical (unpaired) electrons.